The zero-order valence-electron chi connectivity index (χ0n) is 11.1. The lowest BCUT2D eigenvalue weighted by Gasteiger charge is -2.09. The number of nitrogens with zero attached hydrogens (tertiary/aromatic N) is 3. The molecule has 0 saturated carbocycles. The lowest BCUT2D eigenvalue weighted by molar-refractivity contribution is -0.645. The molecule has 2 aromatic carbocycles. The van der Waals surface area contributed by atoms with E-state index in [-0.39, 0.29) is 16.6 Å². The van der Waals surface area contributed by atoms with Crippen LogP contribution in [0.15, 0.2) is 48.5 Å². The fourth-order valence-corrected chi connectivity index (χ4v) is 2.03. The first-order valence-electron chi connectivity index (χ1n) is 6.21. The number of aromatic nitrogens is 3. The van der Waals surface area contributed by atoms with Gasteiger partial charge >= 0.3 is 11.6 Å². The molecule has 0 aliphatic rings. The summed E-state index contributed by atoms with van der Waals surface area (Å²) < 4.78 is 0.903. The molecule has 1 aromatic heterocycles. The summed E-state index contributed by atoms with van der Waals surface area (Å²) >= 11 is 5.76. The van der Waals surface area contributed by atoms with Crippen LogP contribution in [0.25, 0.3) is 11.0 Å². The molecule has 0 fully saturated rings. The normalized spacial score (nSPS) is 10.6. The summed E-state index contributed by atoms with van der Waals surface area (Å²) in [5, 5.41) is 23.3. The van der Waals surface area contributed by atoms with E-state index in [2.05, 4.69) is 5.10 Å². The van der Waals surface area contributed by atoms with E-state index < -0.39 is 11.6 Å². The number of hydrogen-bond acceptors (Lipinski definition) is 5. The molecule has 3 rings (SSSR count). The van der Waals surface area contributed by atoms with Crippen LogP contribution in [0.5, 0.6) is 0 Å². The molecule has 1 N–H and O–H groups in total. The minimum absolute atomic E-state index is 0.183. The molecule has 0 unspecified atom stereocenters. The summed E-state index contributed by atoms with van der Waals surface area (Å²) in [5.74, 6) is -0.689. The molecule has 0 saturated heterocycles. The molecule has 0 radical (unpaired) electrons. The van der Waals surface area contributed by atoms with E-state index in [0.29, 0.717) is 9.87 Å². The number of fused-ring (bicyclic) bond motifs is 1. The van der Waals surface area contributed by atoms with Crippen LogP contribution in [0.3, 0.4) is 0 Å². The van der Waals surface area contributed by atoms with Gasteiger partial charge in [0.05, 0.1) is 10.7 Å². The quantitative estimate of drug-likeness (QED) is 0.565. The van der Waals surface area contributed by atoms with Crippen LogP contribution in [0.1, 0.15) is 10.4 Å². The Kier molecular flexibility index (Phi) is 3.48. The van der Waals surface area contributed by atoms with Crippen molar-refractivity contribution in [1.29, 1.82) is 5.41 Å². The number of halogens is 1. The van der Waals surface area contributed by atoms with E-state index in [0.717, 1.165) is 4.73 Å². The van der Waals surface area contributed by atoms with Crippen LogP contribution in [0, 0.1) is 10.6 Å². The van der Waals surface area contributed by atoms with E-state index in [9.17, 15) is 10.0 Å². The van der Waals surface area contributed by atoms with Gasteiger partial charge in [-0.15, -0.1) is 4.73 Å². The summed E-state index contributed by atoms with van der Waals surface area (Å²) in [6, 6.07) is 12.5. The molecule has 22 heavy (non-hydrogen) atoms. The van der Waals surface area contributed by atoms with Crippen molar-refractivity contribution in [2.75, 3.05) is 0 Å². The largest absolute Gasteiger partial charge is 0.594 e. The average molecular weight is 317 g/mol. The minimum atomic E-state index is -0.689. The summed E-state index contributed by atoms with van der Waals surface area (Å²) in [6.07, 6.45) is 0. The van der Waals surface area contributed by atoms with Crippen molar-refractivity contribution in [3.63, 3.8) is 0 Å². The Hall–Kier alpha value is -2.93. The summed E-state index contributed by atoms with van der Waals surface area (Å²) in [7, 11) is 0. The van der Waals surface area contributed by atoms with E-state index >= 15 is 0 Å². The molecular formula is C14H9ClN4O3. The molecule has 0 atom stereocenters. The van der Waals surface area contributed by atoms with Crippen LogP contribution in [-0.2, 0) is 0 Å². The molecule has 0 bridgehead atoms. The SMILES string of the molecule is N=c1n[n+]([O-])c2ccccc2n1OC(=O)c1ccc(Cl)cc1. The number of hydrogen-bond donors (Lipinski definition) is 1. The van der Waals surface area contributed by atoms with Crippen LogP contribution in [-0.4, -0.2) is 15.8 Å². The monoisotopic (exact) mass is 316 g/mol. The first-order valence-corrected chi connectivity index (χ1v) is 6.58. The number of para-hydroxylation sites is 2. The van der Waals surface area contributed by atoms with Gasteiger partial charge in [-0.25, -0.2) is 4.79 Å². The Morgan fingerprint density at radius 2 is 1.91 bits per heavy atom. The lowest BCUT2D eigenvalue weighted by Crippen LogP contribution is -2.45. The van der Waals surface area contributed by atoms with Crippen LogP contribution < -0.4 is 15.3 Å². The Bertz CT molecular complexity index is 922. The third kappa shape index (κ3) is 2.49. The second kappa shape index (κ2) is 5.45. The molecule has 7 nitrogen and oxygen atoms in total. The maximum Gasteiger partial charge on any atom is 0.363 e. The van der Waals surface area contributed by atoms with Gasteiger partial charge < -0.3 is 10.0 Å². The fourth-order valence-electron chi connectivity index (χ4n) is 1.91. The molecule has 0 aliphatic carbocycles. The van der Waals surface area contributed by atoms with E-state index in [1.54, 1.807) is 30.3 Å². The first-order chi connectivity index (χ1) is 10.6. The third-order valence-electron chi connectivity index (χ3n) is 2.94. The first kappa shape index (κ1) is 14.0. The zero-order chi connectivity index (χ0) is 15.7. The molecule has 110 valence electrons. The van der Waals surface area contributed by atoms with E-state index in [1.165, 1.54) is 18.2 Å². The number of carbonyl (C=O) groups excluding carboxylic acids is 1. The van der Waals surface area contributed by atoms with Gasteiger partial charge in [0, 0.05) is 11.1 Å². The topological polar surface area (TPSA) is 94.9 Å². The maximum absolute atomic E-state index is 12.1. The van der Waals surface area contributed by atoms with Crippen molar-refractivity contribution in [3.05, 3.63) is 69.9 Å². The van der Waals surface area contributed by atoms with Gasteiger partial charge in [-0.2, -0.15) is 0 Å². The van der Waals surface area contributed by atoms with Gasteiger partial charge in [0.25, 0.3) is 5.52 Å². The Balaban J connectivity index is 2.06. The van der Waals surface area contributed by atoms with Crippen LogP contribution in [0.2, 0.25) is 5.02 Å². The van der Waals surface area contributed by atoms with Gasteiger partial charge in [0.2, 0.25) is 0 Å². The highest BCUT2D eigenvalue weighted by atomic mass is 35.5. The van der Waals surface area contributed by atoms with Gasteiger partial charge in [0.15, 0.2) is 5.52 Å². The summed E-state index contributed by atoms with van der Waals surface area (Å²) in [4.78, 5) is 17.6. The second-order valence-corrected chi connectivity index (χ2v) is 4.80. The number of nitrogens with one attached hydrogen (secondary N) is 1. The summed E-state index contributed by atoms with van der Waals surface area (Å²) in [6.45, 7) is 0. The van der Waals surface area contributed by atoms with Gasteiger partial charge in [-0.05, 0) is 35.2 Å². The highest BCUT2D eigenvalue weighted by molar-refractivity contribution is 6.30. The average Bonchev–Trinajstić information content (AvgIpc) is 2.52. The fraction of sp³-hybridized carbons (Fsp3) is 0. The van der Waals surface area contributed by atoms with Crippen LogP contribution >= 0.6 is 11.6 Å². The van der Waals surface area contributed by atoms with E-state index in [1.807, 2.05) is 0 Å². The molecule has 0 amide bonds. The highest BCUT2D eigenvalue weighted by Crippen LogP contribution is 2.10. The van der Waals surface area contributed by atoms with Crippen molar-refractivity contribution in [2.24, 2.45) is 0 Å². The standard InChI is InChI=1S/C14H9ClN4O3/c15-10-7-5-9(6-8-10)13(20)22-18-11-3-1-2-4-12(11)19(21)17-14(18)16/h1-8,16H. The molecule has 1 heterocycles. The minimum Gasteiger partial charge on any atom is -0.594 e. The van der Waals surface area contributed by atoms with Crippen molar-refractivity contribution in [2.45, 2.75) is 0 Å². The predicted molar refractivity (Wildman–Crippen MR) is 76.9 cm³/mol. The Morgan fingerprint density at radius 1 is 1.23 bits per heavy atom. The van der Waals surface area contributed by atoms with Crippen molar-refractivity contribution in [3.8, 4) is 0 Å². The molecule has 8 heteroatoms. The van der Waals surface area contributed by atoms with Crippen molar-refractivity contribution in [1.82, 2.24) is 9.83 Å². The maximum atomic E-state index is 12.1. The molecular weight excluding hydrogens is 308 g/mol. The molecule has 0 aliphatic heterocycles. The third-order valence-corrected chi connectivity index (χ3v) is 3.19. The number of benzene rings is 2. The number of rotatable bonds is 2. The van der Waals surface area contributed by atoms with E-state index in [4.69, 9.17) is 21.8 Å². The molecule has 0 spiro atoms. The zero-order valence-corrected chi connectivity index (χ0v) is 11.8. The van der Waals surface area contributed by atoms with Gasteiger partial charge in [0.1, 0.15) is 0 Å². The van der Waals surface area contributed by atoms with Crippen LogP contribution in [0.4, 0.5) is 0 Å². The van der Waals surface area contributed by atoms with Crippen molar-refractivity contribution < 1.29 is 14.5 Å². The van der Waals surface area contributed by atoms with Gasteiger partial charge in [-0.1, -0.05) is 23.7 Å². The predicted octanol–water partition coefficient (Wildman–Crippen LogP) is 1.07. The van der Waals surface area contributed by atoms with Crippen molar-refractivity contribution >= 4 is 28.6 Å². The lowest BCUT2D eigenvalue weighted by atomic mass is 10.2. The highest BCUT2D eigenvalue weighted by Gasteiger charge is 2.16. The van der Waals surface area contributed by atoms with Gasteiger partial charge in [-0.3, -0.25) is 5.41 Å². The Morgan fingerprint density at radius 3 is 2.64 bits per heavy atom. The second-order valence-electron chi connectivity index (χ2n) is 4.37. The number of carbonyl (C=O) groups is 1. The summed E-state index contributed by atoms with van der Waals surface area (Å²) in [5.41, 5.74) is 0.220. The molecule has 3 aromatic rings. The Labute approximate surface area is 129 Å². The smallest absolute Gasteiger partial charge is 0.363 e.